The van der Waals surface area contributed by atoms with Crippen LogP contribution >= 0.6 is 0 Å². The zero-order valence-corrected chi connectivity index (χ0v) is 22.1. The molecule has 0 spiro atoms. The maximum Gasteiger partial charge on any atom is 0.203 e. The smallest absolute Gasteiger partial charge is 0.203 e. The number of benzene rings is 3. The lowest BCUT2D eigenvalue weighted by molar-refractivity contribution is -0.536. The zero-order valence-electron chi connectivity index (χ0n) is 22.1. The fourth-order valence-electron chi connectivity index (χ4n) is 4.81. The van der Waals surface area contributed by atoms with Gasteiger partial charge in [0.1, 0.15) is 13.7 Å². The molecule has 4 rings (SSSR count). The highest BCUT2D eigenvalue weighted by molar-refractivity contribution is 5.99. The number of aryl methyl sites for hydroxylation is 1. The van der Waals surface area contributed by atoms with E-state index in [1.54, 1.807) is 28.4 Å². The van der Waals surface area contributed by atoms with Crippen LogP contribution in [0.15, 0.2) is 54.6 Å². The number of hydrogen-bond donors (Lipinski definition) is 0. The normalized spacial score (nSPS) is 14.8. The summed E-state index contributed by atoms with van der Waals surface area (Å²) < 4.78 is 30.9. The molecule has 0 unspecified atom stereocenters. The molecule has 0 bridgehead atoms. The summed E-state index contributed by atoms with van der Waals surface area (Å²) in [5.41, 5.74) is 6.02. The Morgan fingerprint density at radius 2 is 1.42 bits per heavy atom. The molecule has 1 atom stereocenters. The molecule has 190 valence electrons. The van der Waals surface area contributed by atoms with Crippen LogP contribution in [0.2, 0.25) is 0 Å². The predicted molar refractivity (Wildman–Crippen MR) is 142 cm³/mol. The third-order valence-electron chi connectivity index (χ3n) is 6.91. The third-order valence-corrected chi connectivity index (χ3v) is 6.91. The first kappa shape index (κ1) is 25.4. The van der Waals surface area contributed by atoms with E-state index in [4.69, 9.17) is 23.7 Å². The van der Waals surface area contributed by atoms with Crippen LogP contribution in [0.3, 0.4) is 0 Å². The maximum atomic E-state index is 6.24. The van der Waals surface area contributed by atoms with Crippen LogP contribution < -0.4 is 23.7 Å². The number of rotatable bonds is 10. The second-order valence-corrected chi connectivity index (χ2v) is 9.08. The highest BCUT2D eigenvalue weighted by atomic mass is 16.5. The Bertz CT molecular complexity index is 1210. The van der Waals surface area contributed by atoms with Gasteiger partial charge in [0, 0.05) is 18.4 Å². The molecule has 0 fully saturated rings. The molecule has 3 aromatic carbocycles. The molecule has 0 aromatic heterocycles. The van der Waals surface area contributed by atoms with Crippen LogP contribution in [0.1, 0.15) is 35.6 Å². The molecule has 1 heterocycles. The predicted octanol–water partition coefficient (Wildman–Crippen LogP) is 5.31. The van der Waals surface area contributed by atoms with Crippen molar-refractivity contribution in [1.29, 1.82) is 0 Å². The van der Waals surface area contributed by atoms with Crippen molar-refractivity contribution in [2.45, 2.75) is 38.8 Å². The Hall–Kier alpha value is -3.67. The molecule has 3 aromatic rings. The summed E-state index contributed by atoms with van der Waals surface area (Å²) in [6.07, 6.45) is 2.64. The Labute approximate surface area is 214 Å². The average Bonchev–Trinajstić information content (AvgIpc) is 2.91. The van der Waals surface area contributed by atoms with Crippen LogP contribution in [0, 0.1) is 0 Å². The van der Waals surface area contributed by atoms with E-state index >= 15 is 0 Å². The van der Waals surface area contributed by atoms with Gasteiger partial charge in [-0.15, -0.1) is 0 Å². The molecule has 1 aliphatic rings. The van der Waals surface area contributed by atoms with Gasteiger partial charge in [-0.05, 0) is 54.3 Å². The molecule has 0 radical (unpaired) electrons. The molecule has 0 saturated carbocycles. The summed E-state index contributed by atoms with van der Waals surface area (Å²) in [5, 5.41) is 0. The van der Waals surface area contributed by atoms with Gasteiger partial charge < -0.3 is 23.7 Å². The van der Waals surface area contributed by atoms with Crippen LogP contribution in [0.5, 0.6) is 28.7 Å². The first-order valence-electron chi connectivity index (χ1n) is 12.2. The highest BCUT2D eigenvalue weighted by Gasteiger charge is 2.30. The van der Waals surface area contributed by atoms with Crippen molar-refractivity contribution in [2.75, 3.05) is 35.5 Å². The lowest BCUT2D eigenvalue weighted by Crippen LogP contribution is -2.34. The Kier molecular flexibility index (Phi) is 8.04. The van der Waals surface area contributed by atoms with Crippen LogP contribution in [0.25, 0.3) is 0 Å². The first-order valence-corrected chi connectivity index (χ1v) is 12.2. The van der Waals surface area contributed by atoms with E-state index in [2.05, 4.69) is 42.8 Å². The van der Waals surface area contributed by atoms with E-state index in [1.165, 1.54) is 16.8 Å². The number of nitrogens with zero attached hydrogens (tertiary/aromatic N) is 1. The van der Waals surface area contributed by atoms with Gasteiger partial charge in [0.05, 0.1) is 28.4 Å². The maximum absolute atomic E-state index is 6.24. The fraction of sp³-hybridized carbons (Fsp3) is 0.367. The zero-order chi connectivity index (χ0) is 25.7. The van der Waals surface area contributed by atoms with E-state index in [-0.39, 0.29) is 0 Å². The lowest BCUT2D eigenvalue weighted by atomic mass is 9.89. The van der Waals surface area contributed by atoms with E-state index < -0.39 is 0 Å². The second kappa shape index (κ2) is 11.4. The highest BCUT2D eigenvalue weighted by Crippen LogP contribution is 2.39. The fourth-order valence-corrected chi connectivity index (χ4v) is 4.81. The Morgan fingerprint density at radius 1 is 0.750 bits per heavy atom. The summed E-state index contributed by atoms with van der Waals surface area (Å²) in [5.74, 6) is 3.48. The minimum Gasteiger partial charge on any atom is -0.493 e. The monoisotopic (exact) mass is 490 g/mol. The molecule has 0 saturated heterocycles. The van der Waals surface area contributed by atoms with Crippen molar-refractivity contribution in [3.05, 3.63) is 76.9 Å². The van der Waals surface area contributed by atoms with Crippen molar-refractivity contribution in [1.82, 2.24) is 0 Å². The van der Waals surface area contributed by atoms with Crippen LogP contribution in [-0.2, 0) is 19.4 Å². The quantitative estimate of drug-likeness (QED) is 0.361. The van der Waals surface area contributed by atoms with Crippen LogP contribution in [-0.4, -0.2) is 51.8 Å². The SMILES string of the molecule is COc1cc2c(cc1OCc1ccccc1)C(CCc1cc(OC)c(OC)c(OC)c1)=[N+](C)[C@@H](C)C2. The van der Waals surface area contributed by atoms with E-state index in [0.29, 0.717) is 29.9 Å². The van der Waals surface area contributed by atoms with Crippen LogP contribution in [0.4, 0.5) is 0 Å². The van der Waals surface area contributed by atoms with Crippen molar-refractivity contribution >= 4 is 5.71 Å². The van der Waals surface area contributed by atoms with E-state index in [0.717, 1.165) is 41.9 Å². The number of methoxy groups -OCH3 is 4. The second-order valence-electron chi connectivity index (χ2n) is 9.08. The van der Waals surface area contributed by atoms with Crippen molar-refractivity contribution in [3.63, 3.8) is 0 Å². The molecule has 36 heavy (non-hydrogen) atoms. The van der Waals surface area contributed by atoms with E-state index in [9.17, 15) is 0 Å². The molecule has 0 amide bonds. The summed E-state index contributed by atoms with van der Waals surface area (Å²) in [4.78, 5) is 0. The summed E-state index contributed by atoms with van der Waals surface area (Å²) in [6.45, 7) is 2.75. The largest absolute Gasteiger partial charge is 0.493 e. The van der Waals surface area contributed by atoms with Gasteiger partial charge >= 0.3 is 0 Å². The topological polar surface area (TPSA) is 49.2 Å². The number of ether oxygens (including phenoxy) is 5. The van der Waals surface area contributed by atoms with Gasteiger partial charge in [-0.3, -0.25) is 0 Å². The summed E-state index contributed by atoms with van der Waals surface area (Å²) in [6, 6.07) is 18.9. The van der Waals surface area contributed by atoms with E-state index in [1.807, 2.05) is 30.3 Å². The van der Waals surface area contributed by atoms with Crippen molar-refractivity contribution < 1.29 is 28.3 Å². The van der Waals surface area contributed by atoms with Gasteiger partial charge in [-0.25, -0.2) is 4.58 Å². The summed E-state index contributed by atoms with van der Waals surface area (Å²) in [7, 11) is 8.79. The molecule has 0 aliphatic carbocycles. The van der Waals surface area contributed by atoms with Gasteiger partial charge in [-0.2, -0.15) is 0 Å². The van der Waals surface area contributed by atoms with Gasteiger partial charge in [0.2, 0.25) is 5.75 Å². The molecular formula is C30H36NO5+. The van der Waals surface area contributed by atoms with Crippen molar-refractivity contribution in [3.8, 4) is 28.7 Å². The number of likely N-dealkylation sites (N-methyl/N-ethyl adjacent to an activating group) is 1. The third kappa shape index (κ3) is 5.27. The molecule has 1 aliphatic heterocycles. The number of fused-ring (bicyclic) bond motifs is 1. The standard InChI is InChI=1S/C30H36NO5/c1-20-14-23-17-26(32-3)27(36-19-21-10-8-7-9-11-21)18-24(23)25(31(20)2)13-12-22-15-28(33-4)30(35-6)29(16-22)34-5/h7-11,15-18,20H,12-14,19H2,1-6H3/q+1/t20-/m0/s1. The number of hydrogen-bond acceptors (Lipinski definition) is 5. The first-order chi connectivity index (χ1) is 17.5. The molecule has 6 heteroatoms. The van der Waals surface area contributed by atoms with Gasteiger partial charge in [-0.1, -0.05) is 30.3 Å². The molecule has 6 nitrogen and oxygen atoms in total. The minimum absolute atomic E-state index is 0.383. The van der Waals surface area contributed by atoms with Crippen molar-refractivity contribution in [2.24, 2.45) is 0 Å². The minimum atomic E-state index is 0.383. The molecule has 0 N–H and O–H groups in total. The molecular weight excluding hydrogens is 454 g/mol. The van der Waals surface area contributed by atoms with Gasteiger partial charge in [0.15, 0.2) is 34.8 Å². The average molecular weight is 491 g/mol. The lowest BCUT2D eigenvalue weighted by Gasteiger charge is -2.23. The Balaban J connectivity index is 1.64. The van der Waals surface area contributed by atoms with Gasteiger partial charge in [0.25, 0.3) is 0 Å². The Morgan fingerprint density at radius 3 is 2.03 bits per heavy atom. The summed E-state index contributed by atoms with van der Waals surface area (Å²) >= 11 is 0.